The van der Waals surface area contributed by atoms with Crippen molar-refractivity contribution in [2.75, 3.05) is 6.54 Å². The van der Waals surface area contributed by atoms with Crippen molar-refractivity contribution >= 4 is 6.21 Å². The monoisotopic (exact) mass is 178 g/mol. The molecule has 2 aliphatic rings. The topological polar surface area (TPSA) is 15.6 Å². The highest BCUT2D eigenvalue weighted by Gasteiger charge is 2.27. The van der Waals surface area contributed by atoms with Gasteiger partial charge in [0.05, 0.1) is 0 Å². The molecule has 2 aliphatic heterocycles. The number of rotatable bonds is 0. The van der Waals surface area contributed by atoms with Gasteiger partial charge < -0.3 is 0 Å². The van der Waals surface area contributed by atoms with Crippen LogP contribution in [0, 0.1) is 11.3 Å². The minimum absolute atomic E-state index is 0.150. The summed E-state index contributed by atoms with van der Waals surface area (Å²) in [5.41, 5.74) is 1.58. The standard InChI is InChI=1S/C11H18N2/c1-9-5-4-6-13-10(9)7-11(2,3)8-12-13/h7-9H,4-6H2,1-3H3/t9-/m1/s1. The van der Waals surface area contributed by atoms with Crippen LogP contribution in [0.15, 0.2) is 16.9 Å². The Morgan fingerprint density at radius 2 is 2.31 bits per heavy atom. The van der Waals surface area contributed by atoms with E-state index in [0.29, 0.717) is 5.92 Å². The van der Waals surface area contributed by atoms with Crippen LogP contribution in [0.4, 0.5) is 0 Å². The predicted molar refractivity (Wildman–Crippen MR) is 55.5 cm³/mol. The van der Waals surface area contributed by atoms with Gasteiger partial charge in [0.15, 0.2) is 0 Å². The first-order valence-electron chi connectivity index (χ1n) is 5.14. The maximum absolute atomic E-state index is 4.49. The summed E-state index contributed by atoms with van der Waals surface area (Å²) < 4.78 is 0. The van der Waals surface area contributed by atoms with Gasteiger partial charge in [-0.15, -0.1) is 0 Å². The molecule has 0 amide bonds. The van der Waals surface area contributed by atoms with E-state index in [1.54, 1.807) is 0 Å². The normalized spacial score (nSPS) is 31.2. The Labute approximate surface area is 80.3 Å². The molecule has 0 unspecified atom stereocenters. The predicted octanol–water partition coefficient (Wildman–Crippen LogP) is 2.63. The van der Waals surface area contributed by atoms with Gasteiger partial charge in [-0.2, -0.15) is 5.10 Å². The number of allylic oxidation sites excluding steroid dienone is 2. The van der Waals surface area contributed by atoms with Crippen molar-refractivity contribution in [3.05, 3.63) is 11.8 Å². The van der Waals surface area contributed by atoms with Gasteiger partial charge in [-0.25, -0.2) is 0 Å². The first-order valence-corrected chi connectivity index (χ1v) is 5.14. The lowest BCUT2D eigenvalue weighted by molar-refractivity contribution is 0.247. The third-order valence-corrected chi connectivity index (χ3v) is 2.86. The van der Waals surface area contributed by atoms with Gasteiger partial charge in [0.2, 0.25) is 0 Å². The molecule has 72 valence electrons. The molecule has 0 aromatic rings. The second kappa shape index (κ2) is 2.86. The van der Waals surface area contributed by atoms with Gasteiger partial charge in [-0.3, -0.25) is 5.01 Å². The van der Waals surface area contributed by atoms with Crippen molar-refractivity contribution in [1.82, 2.24) is 5.01 Å². The Morgan fingerprint density at radius 1 is 1.54 bits per heavy atom. The lowest BCUT2D eigenvalue weighted by Gasteiger charge is -2.37. The molecule has 0 saturated carbocycles. The molecular weight excluding hydrogens is 160 g/mol. The SMILES string of the molecule is C[C@@H]1CCCN2N=CC(C)(C)C=C12. The molecule has 2 heteroatoms. The lowest BCUT2D eigenvalue weighted by Crippen LogP contribution is -2.33. The van der Waals surface area contributed by atoms with Crippen molar-refractivity contribution < 1.29 is 0 Å². The Balaban J connectivity index is 2.28. The molecule has 2 nitrogen and oxygen atoms in total. The van der Waals surface area contributed by atoms with Crippen molar-refractivity contribution in [3.63, 3.8) is 0 Å². The van der Waals surface area contributed by atoms with E-state index in [2.05, 4.69) is 43.2 Å². The maximum Gasteiger partial charge on any atom is 0.0412 e. The molecule has 1 fully saturated rings. The third kappa shape index (κ3) is 1.62. The molecule has 0 aromatic carbocycles. The summed E-state index contributed by atoms with van der Waals surface area (Å²) in [5, 5.41) is 6.66. The molecule has 2 heterocycles. The fraction of sp³-hybridized carbons (Fsp3) is 0.727. The van der Waals surface area contributed by atoms with Crippen LogP contribution in [0.2, 0.25) is 0 Å². The summed E-state index contributed by atoms with van der Waals surface area (Å²) in [6.45, 7) is 7.82. The van der Waals surface area contributed by atoms with Crippen LogP contribution in [0.5, 0.6) is 0 Å². The highest BCUT2D eigenvalue weighted by molar-refractivity contribution is 5.68. The molecule has 2 rings (SSSR count). The fourth-order valence-electron chi connectivity index (χ4n) is 2.06. The molecule has 0 radical (unpaired) electrons. The number of hydrogen-bond donors (Lipinski definition) is 0. The summed E-state index contributed by atoms with van der Waals surface area (Å²) >= 11 is 0. The fourth-order valence-corrected chi connectivity index (χ4v) is 2.06. The van der Waals surface area contributed by atoms with E-state index in [4.69, 9.17) is 0 Å². The second-order valence-electron chi connectivity index (χ2n) is 4.80. The van der Waals surface area contributed by atoms with E-state index < -0.39 is 0 Å². The lowest BCUT2D eigenvalue weighted by atomic mass is 9.87. The average molecular weight is 178 g/mol. The second-order valence-corrected chi connectivity index (χ2v) is 4.80. The van der Waals surface area contributed by atoms with E-state index in [9.17, 15) is 0 Å². The van der Waals surface area contributed by atoms with Crippen LogP contribution in [0.25, 0.3) is 0 Å². The quantitative estimate of drug-likeness (QED) is 0.556. The van der Waals surface area contributed by atoms with Gasteiger partial charge in [-0.1, -0.05) is 26.8 Å². The van der Waals surface area contributed by atoms with Gasteiger partial charge in [-0.05, 0) is 18.8 Å². The van der Waals surface area contributed by atoms with E-state index in [-0.39, 0.29) is 5.41 Å². The van der Waals surface area contributed by atoms with Gasteiger partial charge >= 0.3 is 0 Å². The summed E-state index contributed by atoms with van der Waals surface area (Å²) in [4.78, 5) is 0. The zero-order valence-corrected chi connectivity index (χ0v) is 8.75. The maximum atomic E-state index is 4.49. The zero-order chi connectivity index (χ0) is 9.47. The summed E-state index contributed by atoms with van der Waals surface area (Å²) in [6.07, 6.45) is 7.00. The summed E-state index contributed by atoms with van der Waals surface area (Å²) in [7, 11) is 0. The molecule has 0 bridgehead atoms. The number of piperidine rings is 1. The molecule has 0 aliphatic carbocycles. The van der Waals surface area contributed by atoms with Gasteiger partial charge in [0, 0.05) is 23.9 Å². The van der Waals surface area contributed by atoms with Crippen LogP contribution >= 0.6 is 0 Å². The van der Waals surface area contributed by atoms with Crippen molar-refractivity contribution in [2.24, 2.45) is 16.4 Å². The van der Waals surface area contributed by atoms with Crippen LogP contribution < -0.4 is 0 Å². The molecule has 1 saturated heterocycles. The highest BCUT2D eigenvalue weighted by atomic mass is 15.5. The van der Waals surface area contributed by atoms with Crippen molar-refractivity contribution in [3.8, 4) is 0 Å². The number of fused-ring (bicyclic) bond motifs is 1. The number of hydrazone groups is 1. The Morgan fingerprint density at radius 3 is 3.08 bits per heavy atom. The van der Waals surface area contributed by atoms with Gasteiger partial charge in [0.1, 0.15) is 0 Å². The largest absolute Gasteiger partial charge is 0.270 e. The molecule has 1 atom stereocenters. The minimum atomic E-state index is 0.150. The van der Waals surface area contributed by atoms with Crippen molar-refractivity contribution in [2.45, 2.75) is 33.6 Å². The van der Waals surface area contributed by atoms with E-state index in [0.717, 1.165) is 6.54 Å². The van der Waals surface area contributed by atoms with E-state index in [1.165, 1.54) is 18.5 Å². The minimum Gasteiger partial charge on any atom is -0.270 e. The molecule has 13 heavy (non-hydrogen) atoms. The third-order valence-electron chi connectivity index (χ3n) is 2.86. The Kier molecular flexibility index (Phi) is 1.94. The first-order chi connectivity index (χ1) is 6.08. The molecule has 0 N–H and O–H groups in total. The average Bonchev–Trinajstić information content (AvgIpc) is 2.06. The van der Waals surface area contributed by atoms with Crippen LogP contribution in [-0.4, -0.2) is 17.8 Å². The number of hydrogen-bond acceptors (Lipinski definition) is 2. The number of nitrogens with zero attached hydrogens (tertiary/aromatic N) is 2. The highest BCUT2D eigenvalue weighted by Crippen LogP contribution is 2.33. The van der Waals surface area contributed by atoms with Crippen LogP contribution in [0.1, 0.15) is 33.6 Å². The Bertz CT molecular complexity index is 263. The van der Waals surface area contributed by atoms with E-state index in [1.807, 2.05) is 0 Å². The van der Waals surface area contributed by atoms with Crippen molar-refractivity contribution in [1.29, 1.82) is 0 Å². The Hall–Kier alpha value is -0.790. The first kappa shape index (κ1) is 8.79. The smallest absolute Gasteiger partial charge is 0.0412 e. The molecular formula is C11H18N2. The summed E-state index contributed by atoms with van der Waals surface area (Å²) in [5.74, 6) is 0.686. The van der Waals surface area contributed by atoms with Crippen LogP contribution in [0.3, 0.4) is 0 Å². The van der Waals surface area contributed by atoms with Gasteiger partial charge in [0.25, 0.3) is 0 Å². The molecule has 0 spiro atoms. The van der Waals surface area contributed by atoms with E-state index >= 15 is 0 Å². The zero-order valence-electron chi connectivity index (χ0n) is 8.75. The van der Waals surface area contributed by atoms with Crippen LogP contribution in [-0.2, 0) is 0 Å². The summed E-state index contributed by atoms with van der Waals surface area (Å²) in [6, 6.07) is 0. The molecule has 0 aromatic heterocycles.